The number of benzene rings is 1. The van der Waals surface area contributed by atoms with E-state index < -0.39 is 0 Å². The standard InChI is InChI=1S/C11H9/c1-2-9-7-8-10-5-3-4-6-11(9)10/h3-6,9H,7-8H2. The Morgan fingerprint density at radius 1 is 1.36 bits per heavy atom. The molecule has 0 nitrogen and oxygen atoms in total. The smallest absolute Gasteiger partial charge is 0.0468 e. The molecule has 0 amide bonds. The summed E-state index contributed by atoms with van der Waals surface area (Å²) in [5.41, 5.74) is 2.71. The molecule has 53 valence electrons. The van der Waals surface area contributed by atoms with Crippen LogP contribution in [0.1, 0.15) is 23.5 Å². The lowest BCUT2D eigenvalue weighted by Crippen LogP contribution is -1.86. The molecule has 1 atom stereocenters. The number of hydrogen-bond acceptors (Lipinski definition) is 0. The maximum Gasteiger partial charge on any atom is 0.0468 e. The van der Waals surface area contributed by atoms with E-state index in [0.29, 0.717) is 0 Å². The van der Waals surface area contributed by atoms with E-state index in [0.717, 1.165) is 12.8 Å². The van der Waals surface area contributed by atoms with Crippen LogP contribution in [0.2, 0.25) is 0 Å². The van der Waals surface area contributed by atoms with Crippen molar-refractivity contribution in [3.63, 3.8) is 0 Å². The first-order valence-corrected chi connectivity index (χ1v) is 3.92. The van der Waals surface area contributed by atoms with Gasteiger partial charge in [-0.05, 0) is 30.4 Å². The van der Waals surface area contributed by atoms with Crippen LogP contribution >= 0.6 is 0 Å². The van der Waals surface area contributed by atoms with E-state index in [4.69, 9.17) is 6.42 Å². The molecule has 1 aromatic rings. The average Bonchev–Trinajstić information content (AvgIpc) is 2.47. The van der Waals surface area contributed by atoms with Crippen molar-refractivity contribution in [3.05, 3.63) is 41.8 Å². The molecule has 0 bridgehead atoms. The fourth-order valence-corrected chi connectivity index (χ4v) is 1.71. The van der Waals surface area contributed by atoms with Crippen LogP contribution < -0.4 is 0 Å². The quantitative estimate of drug-likeness (QED) is 0.486. The van der Waals surface area contributed by atoms with Crippen molar-refractivity contribution in [2.45, 2.75) is 18.8 Å². The molecule has 1 radical (unpaired) electrons. The van der Waals surface area contributed by atoms with Crippen LogP contribution in [0.25, 0.3) is 0 Å². The predicted molar refractivity (Wildman–Crippen MR) is 44.6 cm³/mol. The van der Waals surface area contributed by atoms with Gasteiger partial charge in [-0.2, -0.15) is 0 Å². The molecular weight excluding hydrogens is 132 g/mol. The third-order valence-electron chi connectivity index (χ3n) is 2.31. The van der Waals surface area contributed by atoms with Crippen LogP contribution in [-0.4, -0.2) is 0 Å². The Kier molecular flexibility index (Phi) is 1.43. The minimum Gasteiger partial charge on any atom is -0.0809 e. The van der Waals surface area contributed by atoms with Gasteiger partial charge in [0.25, 0.3) is 0 Å². The van der Waals surface area contributed by atoms with Crippen LogP contribution in [0.15, 0.2) is 24.3 Å². The van der Waals surface area contributed by atoms with Crippen molar-refractivity contribution in [1.29, 1.82) is 0 Å². The molecule has 1 aliphatic carbocycles. The minimum atomic E-state index is 0.270. The molecule has 0 fully saturated rings. The van der Waals surface area contributed by atoms with Crippen LogP contribution in [0.3, 0.4) is 0 Å². The molecule has 1 aromatic carbocycles. The summed E-state index contributed by atoms with van der Waals surface area (Å²) in [5, 5.41) is 0. The minimum absolute atomic E-state index is 0.270. The van der Waals surface area contributed by atoms with Gasteiger partial charge in [-0.1, -0.05) is 30.2 Å². The fraction of sp³-hybridized carbons (Fsp3) is 0.273. The Bertz CT molecular complexity index is 304. The molecule has 1 unspecified atom stereocenters. The highest BCUT2D eigenvalue weighted by molar-refractivity contribution is 5.38. The van der Waals surface area contributed by atoms with E-state index >= 15 is 0 Å². The summed E-state index contributed by atoms with van der Waals surface area (Å²) in [5.74, 6) is 2.84. The highest BCUT2D eigenvalue weighted by Crippen LogP contribution is 2.31. The van der Waals surface area contributed by atoms with Gasteiger partial charge in [-0.25, -0.2) is 0 Å². The monoisotopic (exact) mass is 141 g/mol. The Hall–Kier alpha value is -1.22. The van der Waals surface area contributed by atoms with Gasteiger partial charge >= 0.3 is 0 Å². The van der Waals surface area contributed by atoms with Crippen LogP contribution in [0.4, 0.5) is 0 Å². The lowest BCUT2D eigenvalue weighted by molar-refractivity contribution is 0.836. The Balaban J connectivity index is 2.49. The second-order valence-corrected chi connectivity index (χ2v) is 2.93. The summed E-state index contributed by atoms with van der Waals surface area (Å²) < 4.78 is 0. The number of fused-ring (bicyclic) bond motifs is 1. The lowest BCUT2D eigenvalue weighted by Gasteiger charge is -2.00. The maximum absolute atomic E-state index is 7.08. The molecule has 0 N–H and O–H groups in total. The van der Waals surface area contributed by atoms with Crippen molar-refractivity contribution < 1.29 is 0 Å². The van der Waals surface area contributed by atoms with E-state index in [1.54, 1.807) is 0 Å². The Labute approximate surface area is 67.2 Å². The lowest BCUT2D eigenvalue weighted by atomic mass is 10.0. The molecule has 1 aliphatic rings. The van der Waals surface area contributed by atoms with Crippen LogP contribution in [-0.2, 0) is 6.42 Å². The second kappa shape index (κ2) is 2.43. The molecule has 0 saturated heterocycles. The van der Waals surface area contributed by atoms with E-state index in [2.05, 4.69) is 24.1 Å². The summed E-state index contributed by atoms with van der Waals surface area (Å²) >= 11 is 0. The average molecular weight is 141 g/mol. The first-order valence-electron chi connectivity index (χ1n) is 3.92. The van der Waals surface area contributed by atoms with Crippen molar-refractivity contribution in [2.75, 3.05) is 0 Å². The van der Waals surface area contributed by atoms with Gasteiger partial charge < -0.3 is 0 Å². The molecule has 0 saturated carbocycles. The van der Waals surface area contributed by atoms with Gasteiger partial charge in [0.2, 0.25) is 0 Å². The van der Waals surface area contributed by atoms with Crippen molar-refractivity contribution in [2.24, 2.45) is 0 Å². The third-order valence-corrected chi connectivity index (χ3v) is 2.31. The summed E-state index contributed by atoms with van der Waals surface area (Å²) in [6.07, 6.45) is 9.27. The number of hydrogen-bond donors (Lipinski definition) is 0. The zero-order valence-electron chi connectivity index (χ0n) is 6.30. The highest BCUT2D eigenvalue weighted by Gasteiger charge is 2.18. The second-order valence-electron chi connectivity index (χ2n) is 2.93. The zero-order valence-corrected chi connectivity index (χ0v) is 6.30. The van der Waals surface area contributed by atoms with E-state index in [-0.39, 0.29) is 5.92 Å². The molecule has 0 aliphatic heterocycles. The molecule has 0 aromatic heterocycles. The van der Waals surface area contributed by atoms with Gasteiger partial charge in [0.15, 0.2) is 0 Å². The molecule has 0 heteroatoms. The van der Waals surface area contributed by atoms with Crippen LogP contribution in [0.5, 0.6) is 0 Å². The van der Waals surface area contributed by atoms with Gasteiger partial charge in [-0.3, -0.25) is 0 Å². The number of rotatable bonds is 0. The largest absolute Gasteiger partial charge is 0.0809 e. The summed E-state index contributed by atoms with van der Waals surface area (Å²) in [6.45, 7) is 0. The van der Waals surface area contributed by atoms with Gasteiger partial charge in [0.05, 0.1) is 0 Å². The molecule has 2 rings (SSSR count). The van der Waals surface area contributed by atoms with Crippen molar-refractivity contribution in [1.82, 2.24) is 0 Å². The Morgan fingerprint density at radius 2 is 2.18 bits per heavy atom. The molecule has 0 heterocycles. The van der Waals surface area contributed by atoms with E-state index in [1.165, 1.54) is 11.1 Å². The molecular formula is C11H9. The first-order chi connectivity index (χ1) is 5.42. The predicted octanol–water partition coefficient (Wildman–Crippen LogP) is 2.31. The topological polar surface area (TPSA) is 0 Å². The highest BCUT2D eigenvalue weighted by atomic mass is 14.2. The van der Waals surface area contributed by atoms with Crippen molar-refractivity contribution in [3.8, 4) is 5.92 Å². The van der Waals surface area contributed by atoms with Gasteiger partial charge in [0, 0.05) is 5.92 Å². The van der Waals surface area contributed by atoms with Gasteiger partial charge in [-0.15, -0.1) is 0 Å². The first kappa shape index (κ1) is 6.49. The fourth-order valence-electron chi connectivity index (χ4n) is 1.71. The Morgan fingerprint density at radius 3 is 3.00 bits per heavy atom. The maximum atomic E-state index is 7.08. The number of aryl methyl sites for hydroxylation is 1. The van der Waals surface area contributed by atoms with Crippen LogP contribution in [0, 0.1) is 12.3 Å². The summed E-state index contributed by atoms with van der Waals surface area (Å²) in [6, 6.07) is 8.35. The van der Waals surface area contributed by atoms with E-state index in [9.17, 15) is 0 Å². The zero-order chi connectivity index (χ0) is 7.68. The third kappa shape index (κ3) is 0.935. The van der Waals surface area contributed by atoms with Gasteiger partial charge in [0.1, 0.15) is 0 Å². The molecule has 0 spiro atoms. The SMILES string of the molecule is [C]#CC1CCc2ccccc21. The summed E-state index contributed by atoms with van der Waals surface area (Å²) in [7, 11) is 0. The van der Waals surface area contributed by atoms with Crippen molar-refractivity contribution >= 4 is 0 Å². The summed E-state index contributed by atoms with van der Waals surface area (Å²) in [4.78, 5) is 0. The molecule has 11 heavy (non-hydrogen) atoms. The normalized spacial score (nSPS) is 20.8. The van der Waals surface area contributed by atoms with E-state index in [1.807, 2.05) is 6.07 Å².